The number of hydrogen-bond donors (Lipinski definition) is 0. The fourth-order valence-corrected chi connectivity index (χ4v) is 3.02. The highest BCUT2D eigenvalue weighted by atomic mass is 35.5. The van der Waals surface area contributed by atoms with Crippen molar-refractivity contribution in [2.24, 2.45) is 0 Å². The minimum absolute atomic E-state index is 0.170. The predicted octanol–water partition coefficient (Wildman–Crippen LogP) is 7.21. The maximum Gasteiger partial charge on any atom is 0.187 e. The Bertz CT molecular complexity index is 929. The lowest BCUT2D eigenvalue weighted by Gasteiger charge is -2.04. The Morgan fingerprint density at radius 1 is 0.720 bits per heavy atom. The van der Waals surface area contributed by atoms with Crippen molar-refractivity contribution in [2.75, 3.05) is 0 Å². The van der Waals surface area contributed by atoms with E-state index in [1.807, 2.05) is 42.5 Å². The Hall–Kier alpha value is -2.06. The monoisotopic (exact) mass is 386 g/mol. The van der Waals surface area contributed by atoms with Gasteiger partial charge in [0.25, 0.3) is 0 Å². The summed E-state index contributed by atoms with van der Waals surface area (Å²) in [7, 11) is 0. The van der Waals surface area contributed by atoms with E-state index in [2.05, 4.69) is 12.1 Å². The number of carbonyl (C=O) groups is 1. The molecular formula is C21H13Cl3O. The van der Waals surface area contributed by atoms with Crippen LogP contribution in [0.4, 0.5) is 0 Å². The first-order chi connectivity index (χ1) is 12.1. The van der Waals surface area contributed by atoms with Gasteiger partial charge >= 0.3 is 0 Å². The molecule has 3 aromatic carbocycles. The molecule has 0 aliphatic carbocycles. The molecule has 1 nitrogen and oxygen atoms in total. The van der Waals surface area contributed by atoms with E-state index in [-0.39, 0.29) is 15.8 Å². The first-order valence-electron chi connectivity index (χ1n) is 7.57. The van der Waals surface area contributed by atoms with Crippen molar-refractivity contribution in [1.29, 1.82) is 0 Å². The predicted molar refractivity (Wildman–Crippen MR) is 107 cm³/mol. The summed E-state index contributed by atoms with van der Waals surface area (Å²) in [4.78, 5) is 12.3. The Kier molecular flexibility index (Phi) is 5.60. The molecule has 0 saturated carbocycles. The molecule has 0 amide bonds. The van der Waals surface area contributed by atoms with Gasteiger partial charge in [-0.3, -0.25) is 4.79 Å². The van der Waals surface area contributed by atoms with Crippen LogP contribution in [0.5, 0.6) is 0 Å². The van der Waals surface area contributed by atoms with Crippen LogP contribution in [0.2, 0.25) is 15.1 Å². The number of halogens is 3. The number of carbonyl (C=O) groups excluding carboxylic acids is 1. The molecule has 3 aromatic rings. The highest BCUT2D eigenvalue weighted by Gasteiger charge is 2.13. The molecule has 0 saturated heterocycles. The largest absolute Gasteiger partial charge is 0.289 e. The van der Waals surface area contributed by atoms with Crippen molar-refractivity contribution in [2.45, 2.75) is 0 Å². The van der Waals surface area contributed by atoms with Crippen LogP contribution in [0.25, 0.3) is 17.2 Å². The summed E-state index contributed by atoms with van der Waals surface area (Å²) in [5.74, 6) is -0.226. The van der Waals surface area contributed by atoms with Gasteiger partial charge in [0.2, 0.25) is 0 Å². The van der Waals surface area contributed by atoms with Gasteiger partial charge < -0.3 is 0 Å². The zero-order chi connectivity index (χ0) is 17.8. The van der Waals surface area contributed by atoms with Gasteiger partial charge in [-0.2, -0.15) is 0 Å². The highest BCUT2D eigenvalue weighted by molar-refractivity contribution is 6.49. The fourth-order valence-electron chi connectivity index (χ4n) is 2.40. The summed E-state index contributed by atoms with van der Waals surface area (Å²) >= 11 is 18.0. The highest BCUT2D eigenvalue weighted by Crippen LogP contribution is 2.33. The third-order valence-electron chi connectivity index (χ3n) is 3.75. The van der Waals surface area contributed by atoms with Crippen molar-refractivity contribution in [3.63, 3.8) is 0 Å². The van der Waals surface area contributed by atoms with Crippen LogP contribution in [0, 0.1) is 0 Å². The van der Waals surface area contributed by atoms with Gasteiger partial charge in [0.1, 0.15) is 0 Å². The van der Waals surface area contributed by atoms with Crippen LogP contribution in [-0.4, -0.2) is 5.78 Å². The lowest BCUT2D eigenvalue weighted by atomic mass is 10.0. The zero-order valence-electron chi connectivity index (χ0n) is 13.0. The summed E-state index contributed by atoms with van der Waals surface area (Å²) in [5.41, 5.74) is 3.52. The van der Waals surface area contributed by atoms with Gasteiger partial charge in [0, 0.05) is 5.56 Å². The van der Waals surface area contributed by atoms with Crippen LogP contribution < -0.4 is 0 Å². The molecular weight excluding hydrogens is 375 g/mol. The molecule has 0 aromatic heterocycles. The number of allylic oxidation sites excluding steroid dienone is 1. The summed E-state index contributed by atoms with van der Waals surface area (Å²) in [6, 6.07) is 21.2. The van der Waals surface area contributed by atoms with Gasteiger partial charge in [-0.25, -0.2) is 0 Å². The average Bonchev–Trinajstić information content (AvgIpc) is 2.65. The molecule has 0 spiro atoms. The average molecular weight is 388 g/mol. The van der Waals surface area contributed by atoms with Crippen LogP contribution >= 0.6 is 34.8 Å². The lowest BCUT2D eigenvalue weighted by molar-refractivity contribution is 0.104. The zero-order valence-corrected chi connectivity index (χ0v) is 15.3. The van der Waals surface area contributed by atoms with E-state index in [0.717, 1.165) is 16.7 Å². The Balaban J connectivity index is 1.78. The van der Waals surface area contributed by atoms with Gasteiger partial charge in [0.05, 0.1) is 15.1 Å². The quantitative estimate of drug-likeness (QED) is 0.262. The molecule has 25 heavy (non-hydrogen) atoms. The van der Waals surface area contributed by atoms with E-state index >= 15 is 0 Å². The second kappa shape index (κ2) is 7.88. The van der Waals surface area contributed by atoms with Crippen LogP contribution in [0.3, 0.4) is 0 Å². The maximum absolute atomic E-state index is 12.3. The van der Waals surface area contributed by atoms with Crippen molar-refractivity contribution >= 4 is 46.7 Å². The molecule has 0 unspecified atom stereocenters. The van der Waals surface area contributed by atoms with Gasteiger partial charge in [-0.05, 0) is 34.9 Å². The van der Waals surface area contributed by atoms with E-state index < -0.39 is 0 Å². The molecule has 124 valence electrons. The Morgan fingerprint density at radius 3 is 2.04 bits per heavy atom. The second-order valence-corrected chi connectivity index (χ2v) is 6.57. The Morgan fingerprint density at radius 2 is 1.36 bits per heavy atom. The molecule has 0 aliphatic heterocycles. The van der Waals surface area contributed by atoms with Crippen molar-refractivity contribution < 1.29 is 4.79 Å². The van der Waals surface area contributed by atoms with E-state index in [1.54, 1.807) is 18.2 Å². The third kappa shape index (κ3) is 4.13. The van der Waals surface area contributed by atoms with Crippen molar-refractivity contribution in [3.8, 4) is 11.1 Å². The molecule has 0 bridgehead atoms. The first-order valence-corrected chi connectivity index (χ1v) is 8.71. The number of rotatable bonds is 4. The van der Waals surface area contributed by atoms with E-state index in [0.29, 0.717) is 10.6 Å². The van der Waals surface area contributed by atoms with Crippen LogP contribution in [0.15, 0.2) is 72.8 Å². The number of benzene rings is 3. The van der Waals surface area contributed by atoms with E-state index in [9.17, 15) is 4.79 Å². The standard InChI is InChI=1S/C21H13Cl3O/c22-18-12-11-17(20(23)21(18)24)19(25)13-8-14-6-9-16(10-7-14)15-4-2-1-3-5-15/h1-13H. The molecule has 0 radical (unpaired) electrons. The molecule has 0 N–H and O–H groups in total. The number of hydrogen-bond acceptors (Lipinski definition) is 1. The summed E-state index contributed by atoms with van der Waals surface area (Å²) < 4.78 is 0. The summed E-state index contributed by atoms with van der Waals surface area (Å²) in [6.45, 7) is 0. The SMILES string of the molecule is O=C(C=Cc1ccc(-c2ccccc2)cc1)c1ccc(Cl)c(Cl)c1Cl. The van der Waals surface area contributed by atoms with E-state index in [4.69, 9.17) is 34.8 Å². The van der Waals surface area contributed by atoms with Crippen molar-refractivity contribution in [3.05, 3.63) is 99.0 Å². The van der Waals surface area contributed by atoms with Crippen LogP contribution in [-0.2, 0) is 0 Å². The summed E-state index contributed by atoms with van der Waals surface area (Å²) in [5, 5.41) is 0.682. The molecule has 4 heteroatoms. The lowest BCUT2D eigenvalue weighted by Crippen LogP contribution is -1.96. The molecule has 3 rings (SSSR count). The molecule has 0 aliphatic rings. The van der Waals surface area contributed by atoms with Gasteiger partial charge in [-0.1, -0.05) is 95.5 Å². The van der Waals surface area contributed by atoms with Gasteiger partial charge in [0.15, 0.2) is 5.78 Å². The van der Waals surface area contributed by atoms with Crippen LogP contribution in [0.1, 0.15) is 15.9 Å². The maximum atomic E-state index is 12.3. The smallest absolute Gasteiger partial charge is 0.187 e. The van der Waals surface area contributed by atoms with Crippen molar-refractivity contribution in [1.82, 2.24) is 0 Å². The third-order valence-corrected chi connectivity index (χ3v) is 5.04. The summed E-state index contributed by atoms with van der Waals surface area (Å²) in [6.07, 6.45) is 3.22. The molecule has 0 fully saturated rings. The first kappa shape index (κ1) is 17.8. The molecule has 0 heterocycles. The molecule has 0 atom stereocenters. The normalized spacial score (nSPS) is 11.0. The van der Waals surface area contributed by atoms with Gasteiger partial charge in [-0.15, -0.1) is 0 Å². The second-order valence-electron chi connectivity index (χ2n) is 5.41. The minimum atomic E-state index is -0.226. The number of ketones is 1. The van der Waals surface area contributed by atoms with E-state index in [1.165, 1.54) is 6.08 Å². The topological polar surface area (TPSA) is 17.1 Å². The fraction of sp³-hybridized carbons (Fsp3) is 0. The Labute approximate surface area is 161 Å². The minimum Gasteiger partial charge on any atom is -0.289 e.